The molecular weight excluding hydrogens is 1100 g/mol. The number of hydrogen-bond donors (Lipinski definition) is 1. The molecule has 1 heterocycles. The molecule has 1 aromatic heterocycles. The summed E-state index contributed by atoms with van der Waals surface area (Å²) in [4.78, 5) is 4.91. The first kappa shape index (κ1) is 59.5. The number of nitrogens with zero attached hydrogens (tertiary/aromatic N) is 2. The molecule has 91 heavy (non-hydrogen) atoms. The summed E-state index contributed by atoms with van der Waals surface area (Å²) in [6.07, 6.45) is 14.0. The lowest BCUT2D eigenvalue weighted by atomic mass is 9.77. The van der Waals surface area contributed by atoms with Crippen LogP contribution in [0.25, 0.3) is 82.9 Å². The SMILES string of the molecule is C=Cc1c(N(c2ccc(C)c(C)c2)c2cccc3c2oc2c(-c4ccccc4C(C)C)cccc23)cc(C2CCCCC2)c2ccc3c(N(c4ccc(C)c(C)c4)c4cccc(-c5cccc(-c6ccccc6C(C)C)c5)c4O)cc(C4CCCCC4)c(C)c3c12. The van der Waals surface area contributed by atoms with Gasteiger partial charge in [-0.2, -0.15) is 0 Å². The van der Waals surface area contributed by atoms with E-state index in [2.05, 4.69) is 266 Å². The molecule has 2 fully saturated rings. The molecule has 4 nitrogen and oxygen atoms in total. The van der Waals surface area contributed by atoms with Crippen molar-refractivity contribution in [1.29, 1.82) is 0 Å². The summed E-state index contributed by atoms with van der Waals surface area (Å²) >= 11 is 0. The van der Waals surface area contributed by atoms with Gasteiger partial charge in [0.2, 0.25) is 0 Å². The average molecular weight is 1190 g/mol. The molecule has 0 aliphatic heterocycles. The second kappa shape index (κ2) is 24.6. The average Bonchev–Trinajstić information content (AvgIpc) is 1.11. The molecule has 1 N–H and O–H groups in total. The Morgan fingerprint density at radius 1 is 0.418 bits per heavy atom. The number of para-hydroxylation sites is 3. The second-order valence-electron chi connectivity index (χ2n) is 27.2. The lowest BCUT2D eigenvalue weighted by molar-refractivity contribution is 0.443. The van der Waals surface area contributed by atoms with Crippen molar-refractivity contribution in [2.75, 3.05) is 9.80 Å². The Labute approximate surface area is 539 Å². The lowest BCUT2D eigenvalue weighted by Crippen LogP contribution is -2.16. The van der Waals surface area contributed by atoms with Gasteiger partial charge in [0.05, 0.1) is 22.7 Å². The highest BCUT2D eigenvalue weighted by molar-refractivity contribution is 6.21. The summed E-state index contributed by atoms with van der Waals surface area (Å²) in [5, 5.41) is 20.5. The maximum atomic E-state index is 13.4. The molecule has 14 rings (SSSR count). The van der Waals surface area contributed by atoms with Crippen LogP contribution in [0.5, 0.6) is 5.75 Å². The van der Waals surface area contributed by atoms with Crippen LogP contribution in [0.3, 0.4) is 0 Å². The number of phenols is 1. The largest absolute Gasteiger partial charge is 0.505 e. The van der Waals surface area contributed by atoms with Gasteiger partial charge in [-0.25, -0.2) is 0 Å². The van der Waals surface area contributed by atoms with Crippen LogP contribution in [0, 0.1) is 34.6 Å². The van der Waals surface area contributed by atoms with Crippen molar-refractivity contribution in [3.8, 4) is 39.1 Å². The number of aryl methyl sites for hydroxylation is 5. The fraction of sp³-hybridized carbons (Fsp3) is 0.264. The first-order chi connectivity index (χ1) is 44.3. The number of furan rings is 1. The van der Waals surface area contributed by atoms with Gasteiger partial charge in [0.25, 0.3) is 0 Å². The van der Waals surface area contributed by atoms with Gasteiger partial charge in [-0.15, -0.1) is 0 Å². The van der Waals surface area contributed by atoms with E-state index in [9.17, 15) is 5.11 Å². The van der Waals surface area contributed by atoms with E-state index in [4.69, 9.17) is 11.0 Å². The number of aromatic hydroxyl groups is 1. The summed E-state index contributed by atoms with van der Waals surface area (Å²) in [6, 6.07) is 69.8. The number of fused-ring (bicyclic) bond motifs is 6. The quantitative estimate of drug-likeness (QED) is 0.110. The normalized spacial score (nSPS) is 14.2. The van der Waals surface area contributed by atoms with Gasteiger partial charge in [-0.3, -0.25) is 0 Å². The molecule has 0 saturated heterocycles. The summed E-state index contributed by atoms with van der Waals surface area (Å²) in [7, 11) is 0. The summed E-state index contributed by atoms with van der Waals surface area (Å²) in [6.45, 7) is 25.2. The highest BCUT2D eigenvalue weighted by Crippen LogP contribution is 2.55. The molecule has 12 aromatic rings. The first-order valence-corrected chi connectivity index (χ1v) is 33.8. The standard InChI is InChI=1S/C87H86N2O2/c1-11-66-81(89(65-45-43-56(7)58(9)49-65)80-41-25-39-75-74-38-23-37-73(86(74)91-87(75)80)71-35-21-19-33-68(71)54(4)5)52-78(61-28-16-13-17-29-61)72-46-47-76-82(51-77(59(10)83(76)84(66)72)60-26-14-12-15-27-60)88(64-44-42-55(6)57(8)48-64)79-40-24-36-70(85(79)90)63-31-22-30-62(50-63)69-34-20-18-32-67(69)53(2)3/h11,18-25,30-54,60-61,90H,1,12-17,26-29H2,2-10H3. The van der Waals surface area contributed by atoms with E-state index in [0.717, 1.165) is 115 Å². The molecule has 0 amide bonds. The van der Waals surface area contributed by atoms with E-state index >= 15 is 0 Å². The van der Waals surface area contributed by atoms with E-state index < -0.39 is 0 Å². The Hall–Kier alpha value is -9.12. The highest BCUT2D eigenvalue weighted by atomic mass is 16.3. The van der Waals surface area contributed by atoms with E-state index in [1.165, 1.54) is 116 Å². The molecule has 0 spiro atoms. The molecule has 2 saturated carbocycles. The van der Waals surface area contributed by atoms with Crippen molar-refractivity contribution in [3.63, 3.8) is 0 Å². The van der Waals surface area contributed by atoms with Crippen LogP contribution in [-0.2, 0) is 0 Å². The third kappa shape index (κ3) is 10.6. The van der Waals surface area contributed by atoms with Gasteiger partial charge in [0.1, 0.15) is 11.3 Å². The zero-order valence-electron chi connectivity index (χ0n) is 54.8. The Morgan fingerprint density at radius 2 is 0.923 bits per heavy atom. The molecule has 11 aromatic carbocycles. The van der Waals surface area contributed by atoms with Crippen LogP contribution in [0.2, 0.25) is 0 Å². The zero-order chi connectivity index (χ0) is 62.8. The third-order valence-corrected chi connectivity index (χ3v) is 20.9. The molecule has 2 aliphatic rings. The minimum atomic E-state index is 0.248. The Balaban J connectivity index is 1.07. The van der Waals surface area contributed by atoms with Crippen molar-refractivity contribution in [2.24, 2.45) is 0 Å². The molecular formula is C87H86N2O2. The topological polar surface area (TPSA) is 39.9 Å². The van der Waals surface area contributed by atoms with Gasteiger partial charge in [-0.1, -0.05) is 212 Å². The lowest BCUT2D eigenvalue weighted by Gasteiger charge is -2.34. The smallest absolute Gasteiger partial charge is 0.159 e. The van der Waals surface area contributed by atoms with Crippen molar-refractivity contribution in [1.82, 2.24) is 0 Å². The van der Waals surface area contributed by atoms with Crippen LogP contribution >= 0.6 is 0 Å². The van der Waals surface area contributed by atoms with E-state index in [0.29, 0.717) is 23.7 Å². The van der Waals surface area contributed by atoms with E-state index in [1.807, 2.05) is 0 Å². The van der Waals surface area contributed by atoms with Crippen molar-refractivity contribution < 1.29 is 9.52 Å². The predicted molar refractivity (Wildman–Crippen MR) is 390 cm³/mol. The zero-order valence-corrected chi connectivity index (χ0v) is 54.8. The van der Waals surface area contributed by atoms with Gasteiger partial charge < -0.3 is 19.3 Å². The fourth-order valence-electron chi connectivity index (χ4n) is 15.8. The van der Waals surface area contributed by atoms with Crippen LogP contribution in [0.1, 0.15) is 171 Å². The fourth-order valence-corrected chi connectivity index (χ4v) is 15.8. The Morgan fingerprint density at radius 3 is 1.56 bits per heavy atom. The molecule has 0 unspecified atom stereocenters. The van der Waals surface area contributed by atoms with Crippen molar-refractivity contribution >= 4 is 83.7 Å². The molecule has 0 bridgehead atoms. The van der Waals surface area contributed by atoms with Crippen molar-refractivity contribution in [2.45, 2.75) is 150 Å². The predicted octanol–water partition coefficient (Wildman–Crippen LogP) is 26.1. The van der Waals surface area contributed by atoms with Gasteiger partial charge in [0.15, 0.2) is 5.58 Å². The molecule has 0 radical (unpaired) electrons. The van der Waals surface area contributed by atoms with Gasteiger partial charge in [-0.05, 0) is 227 Å². The summed E-state index contributed by atoms with van der Waals surface area (Å²) in [5.41, 5.74) is 26.9. The number of phenolic OH excluding ortho intramolecular Hbond substituents is 1. The molecule has 0 atom stereocenters. The summed E-state index contributed by atoms with van der Waals surface area (Å²) < 4.78 is 7.50. The van der Waals surface area contributed by atoms with Crippen LogP contribution in [0.4, 0.5) is 34.1 Å². The monoisotopic (exact) mass is 1190 g/mol. The number of hydrogen-bond acceptors (Lipinski definition) is 4. The number of benzene rings is 11. The molecule has 4 heteroatoms. The second-order valence-corrected chi connectivity index (χ2v) is 27.2. The minimum absolute atomic E-state index is 0.248. The maximum absolute atomic E-state index is 13.4. The van der Waals surface area contributed by atoms with Crippen LogP contribution in [0.15, 0.2) is 199 Å². The van der Waals surface area contributed by atoms with Crippen molar-refractivity contribution in [3.05, 3.63) is 250 Å². The number of anilines is 6. The Bertz CT molecular complexity index is 4790. The molecule has 456 valence electrons. The van der Waals surface area contributed by atoms with Gasteiger partial charge >= 0.3 is 0 Å². The first-order valence-electron chi connectivity index (χ1n) is 33.8. The highest BCUT2D eigenvalue weighted by Gasteiger charge is 2.32. The molecule has 2 aliphatic carbocycles. The minimum Gasteiger partial charge on any atom is -0.505 e. The van der Waals surface area contributed by atoms with Crippen LogP contribution in [-0.4, -0.2) is 5.11 Å². The van der Waals surface area contributed by atoms with Crippen LogP contribution < -0.4 is 9.80 Å². The summed E-state index contributed by atoms with van der Waals surface area (Å²) in [5.74, 6) is 1.68. The third-order valence-electron chi connectivity index (χ3n) is 20.9. The Kier molecular flexibility index (Phi) is 16.1. The number of rotatable bonds is 14. The van der Waals surface area contributed by atoms with E-state index in [1.54, 1.807) is 0 Å². The van der Waals surface area contributed by atoms with Gasteiger partial charge in [0, 0.05) is 44.2 Å². The maximum Gasteiger partial charge on any atom is 0.159 e. The van der Waals surface area contributed by atoms with E-state index in [-0.39, 0.29) is 5.75 Å².